The van der Waals surface area contributed by atoms with Crippen LogP contribution in [0.5, 0.6) is 0 Å². The van der Waals surface area contributed by atoms with Crippen LogP contribution in [-0.4, -0.2) is 16.9 Å². The van der Waals surface area contributed by atoms with E-state index in [0.29, 0.717) is 23.6 Å². The fourth-order valence-electron chi connectivity index (χ4n) is 2.54. The van der Waals surface area contributed by atoms with Crippen molar-refractivity contribution in [1.29, 1.82) is 0 Å². The van der Waals surface area contributed by atoms with Gasteiger partial charge >= 0.3 is 0 Å². The Balaban J connectivity index is 1.52. The summed E-state index contributed by atoms with van der Waals surface area (Å²) in [4.78, 5) is 24.4. The Morgan fingerprint density at radius 3 is 2.54 bits per heavy atom. The van der Waals surface area contributed by atoms with Crippen LogP contribution in [-0.2, 0) is 17.8 Å². The van der Waals surface area contributed by atoms with Gasteiger partial charge in [0.1, 0.15) is 5.76 Å². The van der Waals surface area contributed by atoms with Gasteiger partial charge in [-0.15, -0.1) is 0 Å². The van der Waals surface area contributed by atoms with E-state index in [9.17, 15) is 9.59 Å². The molecule has 0 bridgehead atoms. The molecular weight excluding hydrogens is 374 g/mol. The van der Waals surface area contributed by atoms with Gasteiger partial charge in [0.2, 0.25) is 5.91 Å². The van der Waals surface area contributed by atoms with Crippen LogP contribution < -0.4 is 16.0 Å². The molecule has 0 spiro atoms. The van der Waals surface area contributed by atoms with Crippen LogP contribution in [0, 0.1) is 0 Å². The van der Waals surface area contributed by atoms with Crippen molar-refractivity contribution in [1.82, 2.24) is 10.6 Å². The van der Waals surface area contributed by atoms with Crippen LogP contribution >= 0.6 is 12.2 Å². The van der Waals surface area contributed by atoms with E-state index in [1.54, 1.807) is 42.7 Å². The molecule has 28 heavy (non-hydrogen) atoms. The molecule has 0 saturated carbocycles. The van der Waals surface area contributed by atoms with Crippen LogP contribution in [0.3, 0.4) is 0 Å². The molecule has 0 unspecified atom stereocenters. The molecule has 0 radical (unpaired) electrons. The summed E-state index contributed by atoms with van der Waals surface area (Å²) >= 11 is 5.19. The van der Waals surface area contributed by atoms with E-state index in [0.717, 1.165) is 5.56 Å². The second-order valence-corrected chi connectivity index (χ2v) is 6.42. The maximum atomic E-state index is 12.3. The zero-order valence-electron chi connectivity index (χ0n) is 15.0. The molecule has 2 amide bonds. The number of thiocarbonyl (C=S) groups is 1. The van der Waals surface area contributed by atoms with Crippen molar-refractivity contribution < 1.29 is 14.0 Å². The summed E-state index contributed by atoms with van der Waals surface area (Å²) in [6.45, 7) is 0.303. The summed E-state index contributed by atoms with van der Waals surface area (Å²) in [5.74, 6) is 0.222. The molecule has 1 aromatic heterocycles. The highest BCUT2D eigenvalue weighted by molar-refractivity contribution is 7.80. The van der Waals surface area contributed by atoms with Gasteiger partial charge in [0, 0.05) is 11.3 Å². The van der Waals surface area contributed by atoms with Crippen molar-refractivity contribution in [2.75, 3.05) is 5.32 Å². The van der Waals surface area contributed by atoms with E-state index < -0.39 is 0 Å². The van der Waals surface area contributed by atoms with Gasteiger partial charge in [-0.05, 0) is 48.1 Å². The van der Waals surface area contributed by atoms with Crippen LogP contribution in [0.2, 0.25) is 0 Å². The standard InChI is InChI=1S/C21H19N3O3S/c25-19(12-15-6-2-1-3-7-15)24-21(28)23-17-9-4-8-16(13-17)20(26)22-14-18-10-5-11-27-18/h1-11,13H,12,14H2,(H,22,26)(H2,23,24,25,28). The second-order valence-electron chi connectivity index (χ2n) is 6.01. The lowest BCUT2D eigenvalue weighted by atomic mass is 10.1. The van der Waals surface area contributed by atoms with E-state index in [1.165, 1.54) is 0 Å². The molecule has 6 nitrogen and oxygen atoms in total. The van der Waals surface area contributed by atoms with Gasteiger partial charge in [-0.25, -0.2) is 0 Å². The molecule has 0 saturated heterocycles. The number of furan rings is 1. The average molecular weight is 393 g/mol. The van der Waals surface area contributed by atoms with Gasteiger partial charge in [0.15, 0.2) is 5.11 Å². The molecule has 0 aliphatic carbocycles. The minimum atomic E-state index is -0.237. The van der Waals surface area contributed by atoms with Gasteiger partial charge in [-0.2, -0.15) is 0 Å². The second kappa shape index (κ2) is 9.48. The average Bonchev–Trinajstić information content (AvgIpc) is 3.20. The third-order valence-corrected chi connectivity index (χ3v) is 4.05. The SMILES string of the molecule is O=C(Cc1ccccc1)NC(=S)Nc1cccc(C(=O)NCc2ccco2)c1. The molecule has 0 fully saturated rings. The normalized spacial score (nSPS) is 10.1. The Morgan fingerprint density at radius 1 is 0.964 bits per heavy atom. The van der Waals surface area contributed by atoms with Crippen molar-refractivity contribution in [3.05, 3.63) is 89.9 Å². The predicted molar refractivity (Wildman–Crippen MR) is 111 cm³/mol. The van der Waals surface area contributed by atoms with Gasteiger partial charge < -0.3 is 20.4 Å². The first-order valence-corrected chi connectivity index (χ1v) is 9.06. The summed E-state index contributed by atoms with van der Waals surface area (Å²) in [5.41, 5.74) is 1.98. The Hall–Kier alpha value is -3.45. The van der Waals surface area contributed by atoms with Gasteiger partial charge in [0.25, 0.3) is 5.91 Å². The van der Waals surface area contributed by atoms with Crippen molar-refractivity contribution in [2.24, 2.45) is 0 Å². The summed E-state index contributed by atoms with van der Waals surface area (Å²) in [5, 5.41) is 8.52. The number of hydrogen-bond acceptors (Lipinski definition) is 4. The number of nitrogens with one attached hydrogen (secondary N) is 3. The zero-order valence-corrected chi connectivity index (χ0v) is 15.8. The highest BCUT2D eigenvalue weighted by atomic mass is 32.1. The van der Waals surface area contributed by atoms with Gasteiger partial charge in [-0.3, -0.25) is 9.59 Å². The van der Waals surface area contributed by atoms with E-state index >= 15 is 0 Å². The summed E-state index contributed by atoms with van der Waals surface area (Å²) < 4.78 is 5.19. The molecular formula is C21H19N3O3S. The summed E-state index contributed by atoms with van der Waals surface area (Å²) in [6, 6.07) is 19.8. The highest BCUT2D eigenvalue weighted by Crippen LogP contribution is 2.11. The van der Waals surface area contributed by atoms with Gasteiger partial charge in [0.05, 0.1) is 19.2 Å². The molecule has 7 heteroatoms. The highest BCUT2D eigenvalue weighted by Gasteiger charge is 2.09. The first kappa shape index (κ1) is 19.3. The number of amides is 2. The quantitative estimate of drug-likeness (QED) is 0.560. The molecule has 0 atom stereocenters. The van der Waals surface area contributed by atoms with Crippen LogP contribution in [0.4, 0.5) is 5.69 Å². The Labute approximate surface area is 167 Å². The maximum absolute atomic E-state index is 12.3. The van der Waals surface area contributed by atoms with Gasteiger partial charge in [-0.1, -0.05) is 36.4 Å². The minimum Gasteiger partial charge on any atom is -0.467 e. The molecule has 3 aromatic rings. The van der Waals surface area contributed by atoms with Crippen molar-refractivity contribution in [3.63, 3.8) is 0 Å². The molecule has 3 rings (SSSR count). The number of benzene rings is 2. The van der Waals surface area contributed by atoms with E-state index in [4.69, 9.17) is 16.6 Å². The number of carbonyl (C=O) groups is 2. The zero-order chi connectivity index (χ0) is 19.8. The lowest BCUT2D eigenvalue weighted by molar-refractivity contribution is -0.119. The summed E-state index contributed by atoms with van der Waals surface area (Å²) in [7, 11) is 0. The van der Waals surface area contributed by atoms with E-state index in [1.807, 2.05) is 30.3 Å². The predicted octanol–water partition coefficient (Wildman–Crippen LogP) is 3.27. The lowest BCUT2D eigenvalue weighted by Crippen LogP contribution is -2.35. The Kier molecular flexibility index (Phi) is 6.54. The van der Waals surface area contributed by atoms with Crippen LogP contribution in [0.25, 0.3) is 0 Å². The van der Waals surface area contributed by atoms with Crippen LogP contribution in [0.15, 0.2) is 77.4 Å². The minimum absolute atomic E-state index is 0.175. The molecule has 2 aromatic carbocycles. The monoisotopic (exact) mass is 393 g/mol. The Morgan fingerprint density at radius 2 is 1.79 bits per heavy atom. The van der Waals surface area contributed by atoms with Crippen molar-refractivity contribution >= 4 is 34.8 Å². The third-order valence-electron chi connectivity index (χ3n) is 3.85. The van der Waals surface area contributed by atoms with Crippen molar-refractivity contribution in [2.45, 2.75) is 13.0 Å². The molecule has 0 aliphatic heterocycles. The smallest absolute Gasteiger partial charge is 0.251 e. The van der Waals surface area contributed by atoms with E-state index in [-0.39, 0.29) is 23.3 Å². The number of anilines is 1. The molecule has 1 heterocycles. The Bertz CT molecular complexity index is 956. The molecule has 3 N–H and O–H groups in total. The number of carbonyl (C=O) groups excluding carboxylic acids is 2. The topological polar surface area (TPSA) is 83.4 Å². The first-order chi connectivity index (χ1) is 13.6. The van der Waals surface area contributed by atoms with Crippen LogP contribution in [0.1, 0.15) is 21.7 Å². The summed E-state index contributed by atoms with van der Waals surface area (Å²) in [6.07, 6.45) is 1.79. The largest absolute Gasteiger partial charge is 0.467 e. The fraction of sp³-hybridized carbons (Fsp3) is 0.0952. The van der Waals surface area contributed by atoms with E-state index in [2.05, 4.69) is 16.0 Å². The number of rotatable bonds is 6. The first-order valence-electron chi connectivity index (χ1n) is 8.65. The number of hydrogen-bond donors (Lipinski definition) is 3. The molecule has 0 aliphatic rings. The fourth-order valence-corrected chi connectivity index (χ4v) is 2.77. The molecule has 142 valence electrons. The third kappa shape index (κ3) is 5.78. The lowest BCUT2D eigenvalue weighted by Gasteiger charge is -2.11. The maximum Gasteiger partial charge on any atom is 0.251 e. The van der Waals surface area contributed by atoms with Crippen molar-refractivity contribution in [3.8, 4) is 0 Å².